The van der Waals surface area contributed by atoms with Crippen LogP contribution < -0.4 is 0 Å². The number of carboxylic acid groups (broad SMARTS) is 1. The van der Waals surface area contributed by atoms with Gasteiger partial charge >= 0.3 is 5.97 Å². The zero-order valence-corrected chi connectivity index (χ0v) is 11.3. The largest absolute Gasteiger partial charge is 0.478 e. The van der Waals surface area contributed by atoms with E-state index in [4.69, 9.17) is 16.7 Å². The molecule has 4 heteroatoms. The van der Waals surface area contributed by atoms with Crippen molar-refractivity contribution in [3.63, 3.8) is 0 Å². The lowest BCUT2D eigenvalue weighted by Crippen LogP contribution is -1.88. The van der Waals surface area contributed by atoms with Crippen molar-refractivity contribution >= 4 is 34.5 Å². The fourth-order valence-electron chi connectivity index (χ4n) is 1.60. The SMILES string of the molecule is C/C(=C\C(=O)O)c1ccc(-c2cccc(Cl)c2)s1. The van der Waals surface area contributed by atoms with Crippen molar-refractivity contribution in [2.75, 3.05) is 0 Å². The topological polar surface area (TPSA) is 37.3 Å². The number of thiophene rings is 1. The number of halogens is 1. The van der Waals surface area contributed by atoms with Gasteiger partial charge in [0, 0.05) is 20.9 Å². The van der Waals surface area contributed by atoms with Crippen LogP contribution in [0.5, 0.6) is 0 Å². The predicted molar refractivity (Wildman–Crippen MR) is 76.1 cm³/mol. The van der Waals surface area contributed by atoms with Gasteiger partial charge in [0.2, 0.25) is 0 Å². The summed E-state index contributed by atoms with van der Waals surface area (Å²) in [6.45, 7) is 1.79. The molecular weight excluding hydrogens is 268 g/mol. The third-order valence-electron chi connectivity index (χ3n) is 2.44. The van der Waals surface area contributed by atoms with E-state index in [2.05, 4.69) is 0 Å². The summed E-state index contributed by atoms with van der Waals surface area (Å²) in [5.74, 6) is -0.926. The minimum Gasteiger partial charge on any atom is -0.478 e. The first-order valence-electron chi connectivity index (χ1n) is 5.33. The summed E-state index contributed by atoms with van der Waals surface area (Å²) in [5, 5.41) is 9.41. The van der Waals surface area contributed by atoms with E-state index < -0.39 is 5.97 Å². The van der Waals surface area contributed by atoms with Crippen molar-refractivity contribution in [1.82, 2.24) is 0 Å². The Balaban J connectivity index is 2.34. The highest BCUT2D eigenvalue weighted by atomic mass is 35.5. The van der Waals surface area contributed by atoms with Gasteiger partial charge in [-0.1, -0.05) is 23.7 Å². The normalized spacial score (nSPS) is 11.6. The van der Waals surface area contributed by atoms with Gasteiger partial charge in [0.25, 0.3) is 0 Å². The molecule has 2 rings (SSSR count). The summed E-state index contributed by atoms with van der Waals surface area (Å²) < 4.78 is 0. The number of rotatable bonds is 3. The van der Waals surface area contributed by atoms with Crippen molar-refractivity contribution in [3.8, 4) is 10.4 Å². The molecule has 1 aromatic heterocycles. The molecule has 0 amide bonds. The average Bonchev–Trinajstić information content (AvgIpc) is 2.77. The first kappa shape index (κ1) is 12.9. The van der Waals surface area contributed by atoms with Crippen LogP contribution in [-0.4, -0.2) is 11.1 Å². The zero-order valence-electron chi connectivity index (χ0n) is 9.68. The fourth-order valence-corrected chi connectivity index (χ4v) is 2.77. The molecule has 0 aliphatic heterocycles. The molecule has 1 heterocycles. The first-order valence-corrected chi connectivity index (χ1v) is 6.53. The van der Waals surface area contributed by atoms with Crippen LogP contribution >= 0.6 is 22.9 Å². The van der Waals surface area contributed by atoms with Crippen LogP contribution in [0.15, 0.2) is 42.5 Å². The maximum Gasteiger partial charge on any atom is 0.328 e. The molecule has 2 aromatic rings. The third-order valence-corrected chi connectivity index (χ3v) is 3.95. The van der Waals surface area contributed by atoms with Crippen LogP contribution in [0, 0.1) is 0 Å². The Morgan fingerprint density at radius 3 is 2.78 bits per heavy atom. The predicted octanol–water partition coefficient (Wildman–Crippen LogP) is 4.56. The molecule has 0 aliphatic rings. The van der Waals surface area contributed by atoms with Gasteiger partial charge in [-0.3, -0.25) is 0 Å². The van der Waals surface area contributed by atoms with Crippen molar-refractivity contribution in [2.24, 2.45) is 0 Å². The lowest BCUT2D eigenvalue weighted by Gasteiger charge is -1.98. The van der Waals surface area contributed by atoms with E-state index >= 15 is 0 Å². The molecule has 0 fully saturated rings. The molecule has 0 atom stereocenters. The minimum atomic E-state index is -0.926. The molecule has 0 radical (unpaired) electrons. The van der Waals surface area contributed by atoms with E-state index in [1.807, 2.05) is 36.4 Å². The Labute approximate surface area is 114 Å². The van der Waals surface area contributed by atoms with Crippen LogP contribution in [-0.2, 0) is 4.79 Å². The van der Waals surface area contributed by atoms with Crippen LogP contribution in [0.1, 0.15) is 11.8 Å². The summed E-state index contributed by atoms with van der Waals surface area (Å²) in [4.78, 5) is 12.6. The van der Waals surface area contributed by atoms with Crippen LogP contribution in [0.25, 0.3) is 16.0 Å². The van der Waals surface area contributed by atoms with E-state index in [9.17, 15) is 4.79 Å². The number of hydrogen-bond donors (Lipinski definition) is 1. The highest BCUT2D eigenvalue weighted by molar-refractivity contribution is 7.16. The molecule has 2 nitrogen and oxygen atoms in total. The van der Waals surface area contributed by atoms with E-state index in [1.165, 1.54) is 6.08 Å². The Bertz CT molecular complexity index is 614. The zero-order chi connectivity index (χ0) is 13.1. The second-order valence-electron chi connectivity index (χ2n) is 3.84. The standard InChI is InChI=1S/C14H11ClO2S/c1-9(7-14(16)17)12-5-6-13(18-12)10-3-2-4-11(15)8-10/h2-8H,1H3,(H,16,17)/b9-7+. The number of carbonyl (C=O) groups is 1. The van der Waals surface area contributed by atoms with Crippen molar-refractivity contribution in [3.05, 3.63) is 52.4 Å². The van der Waals surface area contributed by atoms with E-state index in [-0.39, 0.29) is 0 Å². The average molecular weight is 279 g/mol. The second kappa shape index (κ2) is 5.38. The quantitative estimate of drug-likeness (QED) is 0.836. The third kappa shape index (κ3) is 3.00. The molecule has 0 saturated heterocycles. The van der Waals surface area contributed by atoms with Gasteiger partial charge in [0.05, 0.1) is 0 Å². The lowest BCUT2D eigenvalue weighted by molar-refractivity contribution is -0.131. The van der Waals surface area contributed by atoms with Gasteiger partial charge < -0.3 is 5.11 Å². The Morgan fingerprint density at radius 1 is 1.33 bits per heavy atom. The van der Waals surface area contributed by atoms with E-state index in [0.29, 0.717) is 5.02 Å². The summed E-state index contributed by atoms with van der Waals surface area (Å²) in [6, 6.07) is 11.5. The van der Waals surface area contributed by atoms with Gasteiger partial charge in [0.15, 0.2) is 0 Å². The number of carboxylic acids is 1. The van der Waals surface area contributed by atoms with E-state index in [0.717, 1.165) is 20.9 Å². The van der Waals surface area contributed by atoms with Gasteiger partial charge in [-0.25, -0.2) is 4.79 Å². The van der Waals surface area contributed by atoms with Gasteiger partial charge in [-0.05, 0) is 42.3 Å². The maximum absolute atomic E-state index is 10.6. The number of aliphatic carboxylic acids is 1. The van der Waals surface area contributed by atoms with Gasteiger partial charge in [0.1, 0.15) is 0 Å². The van der Waals surface area contributed by atoms with Crippen LogP contribution in [0.2, 0.25) is 5.02 Å². The molecule has 1 N–H and O–H groups in total. The van der Waals surface area contributed by atoms with E-state index in [1.54, 1.807) is 18.3 Å². The number of hydrogen-bond acceptors (Lipinski definition) is 2. The monoisotopic (exact) mass is 278 g/mol. The molecule has 0 spiro atoms. The minimum absolute atomic E-state index is 0.695. The summed E-state index contributed by atoms with van der Waals surface area (Å²) in [6.07, 6.45) is 1.22. The number of allylic oxidation sites excluding steroid dienone is 1. The number of benzene rings is 1. The Morgan fingerprint density at radius 2 is 2.11 bits per heavy atom. The highest BCUT2D eigenvalue weighted by Gasteiger charge is 2.05. The Hall–Kier alpha value is -1.58. The molecule has 0 aliphatic carbocycles. The molecule has 0 unspecified atom stereocenters. The molecule has 0 saturated carbocycles. The lowest BCUT2D eigenvalue weighted by atomic mass is 10.2. The van der Waals surface area contributed by atoms with Crippen molar-refractivity contribution in [2.45, 2.75) is 6.92 Å². The van der Waals surface area contributed by atoms with Crippen LogP contribution in [0.4, 0.5) is 0 Å². The smallest absolute Gasteiger partial charge is 0.328 e. The van der Waals surface area contributed by atoms with Gasteiger partial charge in [-0.15, -0.1) is 11.3 Å². The van der Waals surface area contributed by atoms with Crippen molar-refractivity contribution < 1.29 is 9.90 Å². The molecule has 18 heavy (non-hydrogen) atoms. The molecule has 1 aromatic carbocycles. The summed E-state index contributed by atoms with van der Waals surface area (Å²) in [7, 11) is 0. The summed E-state index contributed by atoms with van der Waals surface area (Å²) >= 11 is 7.50. The molecular formula is C14H11ClO2S. The second-order valence-corrected chi connectivity index (χ2v) is 5.36. The van der Waals surface area contributed by atoms with Crippen molar-refractivity contribution in [1.29, 1.82) is 0 Å². The fraction of sp³-hybridized carbons (Fsp3) is 0.0714. The Kier molecular flexibility index (Phi) is 3.84. The molecule has 0 bridgehead atoms. The molecule has 92 valence electrons. The maximum atomic E-state index is 10.6. The summed E-state index contributed by atoms with van der Waals surface area (Å²) in [5.41, 5.74) is 1.79. The van der Waals surface area contributed by atoms with Gasteiger partial charge in [-0.2, -0.15) is 0 Å². The van der Waals surface area contributed by atoms with Crippen LogP contribution in [0.3, 0.4) is 0 Å². The highest BCUT2D eigenvalue weighted by Crippen LogP contribution is 2.32. The first-order chi connectivity index (χ1) is 8.56.